The summed E-state index contributed by atoms with van der Waals surface area (Å²) in [5.41, 5.74) is 9.79. The highest BCUT2D eigenvalue weighted by molar-refractivity contribution is 7.86. The number of carbonyl (C=O) groups excluding carboxylic acids is 2. The van der Waals surface area contributed by atoms with E-state index in [4.69, 9.17) is 50.0 Å². The van der Waals surface area contributed by atoms with Gasteiger partial charge in [-0.3, -0.25) is 38.7 Å². The molecule has 38 heteroatoms. The Balaban J connectivity index is 1.03. The number of nitro groups is 1. The summed E-state index contributed by atoms with van der Waals surface area (Å²) in [6.45, 7) is 3.96. The molecule has 5 aromatic rings. The van der Waals surface area contributed by atoms with Crippen LogP contribution in [0.5, 0.6) is 11.5 Å². The van der Waals surface area contributed by atoms with E-state index in [2.05, 4.69) is 35.0 Å². The van der Waals surface area contributed by atoms with E-state index < -0.39 is 129 Å². The fraction of sp³-hybridized carbons (Fsp3) is 0.286. The van der Waals surface area contributed by atoms with Gasteiger partial charge in [0.05, 0.1) is 65.0 Å². The lowest BCUT2D eigenvalue weighted by molar-refractivity contribution is -0.386. The van der Waals surface area contributed by atoms with E-state index in [1.54, 1.807) is 20.8 Å². The lowest BCUT2D eigenvalue weighted by Gasteiger charge is -2.31. The minimum atomic E-state index is -5.85. The molecule has 3 aromatic carbocycles. The molecule has 12 N–H and O–H groups in total. The van der Waals surface area contributed by atoms with E-state index in [0.717, 1.165) is 30.6 Å². The van der Waals surface area contributed by atoms with Crippen molar-refractivity contribution in [1.82, 2.24) is 14.5 Å². The Morgan fingerprint density at radius 2 is 1.66 bits per heavy atom. The molecule has 3 unspecified atom stereocenters. The van der Waals surface area contributed by atoms with E-state index in [1.807, 2.05) is 0 Å². The van der Waals surface area contributed by atoms with Gasteiger partial charge in [-0.25, -0.2) is 23.7 Å². The van der Waals surface area contributed by atoms with Crippen molar-refractivity contribution in [2.24, 2.45) is 5.41 Å². The molecule has 87 heavy (non-hydrogen) atoms. The highest BCUT2D eigenvalue weighted by atomic mass is 32.2. The number of nitrogens with one attached hydrogen (secondary N) is 1. The lowest BCUT2D eigenvalue weighted by Crippen LogP contribution is -2.26. The van der Waals surface area contributed by atoms with Gasteiger partial charge in [0.25, 0.3) is 32.4 Å². The van der Waals surface area contributed by atoms with Crippen molar-refractivity contribution in [3.63, 3.8) is 0 Å². The molecule has 1 fully saturated rings. The molecule has 4 heterocycles. The van der Waals surface area contributed by atoms with E-state index in [0.29, 0.717) is 5.56 Å². The molecule has 464 valence electrons. The molecule has 0 amide bonds. The zero-order chi connectivity index (χ0) is 64.1. The van der Waals surface area contributed by atoms with Crippen molar-refractivity contribution in [2.45, 2.75) is 81.0 Å². The van der Waals surface area contributed by atoms with Gasteiger partial charge in [0.1, 0.15) is 41.6 Å². The summed E-state index contributed by atoms with van der Waals surface area (Å²) in [6, 6.07) is 10.8. The molecule has 0 spiro atoms. The summed E-state index contributed by atoms with van der Waals surface area (Å²) in [6.07, 6.45) is -3.10. The molecule has 0 radical (unpaired) electrons. The number of anilines is 2. The summed E-state index contributed by atoms with van der Waals surface area (Å²) in [4.78, 5) is 81.3. The summed E-state index contributed by atoms with van der Waals surface area (Å²) >= 11 is 0. The number of aromatic nitrogens is 3. The highest BCUT2D eigenvalue weighted by Gasteiger charge is 2.44. The Morgan fingerprint density at radius 3 is 2.29 bits per heavy atom. The number of nitrogens with zero attached hydrogens (tertiary/aromatic N) is 4. The van der Waals surface area contributed by atoms with Crippen LogP contribution in [0.15, 0.2) is 81.3 Å². The van der Waals surface area contributed by atoms with Crippen LogP contribution in [0.2, 0.25) is 0 Å². The lowest BCUT2D eigenvalue weighted by atomic mass is 9.83. The third-order valence-corrected chi connectivity index (χ3v) is 18.7. The van der Waals surface area contributed by atoms with Crippen molar-refractivity contribution in [1.29, 1.82) is 5.41 Å². The molecule has 33 nitrogen and oxygen atoms in total. The van der Waals surface area contributed by atoms with Crippen LogP contribution >= 0.6 is 23.5 Å². The Labute approximate surface area is 490 Å². The summed E-state index contributed by atoms with van der Waals surface area (Å²) < 4.78 is 149. The van der Waals surface area contributed by atoms with E-state index in [-0.39, 0.29) is 99.5 Å². The number of methoxy groups -OCH3 is 1. The predicted molar refractivity (Wildman–Crippen MR) is 298 cm³/mol. The molecule has 1 saturated heterocycles. The molecular formula is C49H50N7O26P3S2. The monoisotopic (exact) mass is 1310 g/mol. The summed E-state index contributed by atoms with van der Waals surface area (Å²) in [7, 11) is -26.3. The largest absolute Gasteiger partial charge is 0.495 e. The number of ether oxygens (including phenoxy) is 4. The molecule has 1 aliphatic carbocycles. The van der Waals surface area contributed by atoms with Crippen LogP contribution in [0, 0.1) is 32.8 Å². The zero-order valence-electron chi connectivity index (χ0n) is 45.3. The van der Waals surface area contributed by atoms with Crippen molar-refractivity contribution >= 4 is 95.2 Å². The van der Waals surface area contributed by atoms with Gasteiger partial charge in [0.15, 0.2) is 26.9 Å². The number of nitrogen functional groups attached to an aromatic ring is 2. The Hall–Kier alpha value is -7.42. The van der Waals surface area contributed by atoms with Crippen molar-refractivity contribution in [2.75, 3.05) is 25.2 Å². The number of nitro benzene ring substituents is 1. The maximum Gasteiger partial charge on any atom is 0.490 e. The first kappa shape index (κ1) is 65.6. The summed E-state index contributed by atoms with van der Waals surface area (Å²) in [5, 5.41) is 31.3. The highest BCUT2D eigenvalue weighted by Crippen LogP contribution is 2.66. The van der Waals surface area contributed by atoms with Crippen LogP contribution in [0.25, 0.3) is 44.5 Å². The Morgan fingerprint density at radius 1 is 0.966 bits per heavy atom. The van der Waals surface area contributed by atoms with E-state index in [1.165, 1.54) is 48.2 Å². The van der Waals surface area contributed by atoms with Gasteiger partial charge in [0.2, 0.25) is 0 Å². The third kappa shape index (κ3) is 14.5. The SMILES string of the molecule is COc1cc([C@@H](OCc2cn([C@H]3CC(O)[C@@H](COP(=O)(O)OP(=O)(O)OP(=O)(O)O)O3)c3ncnc(N)c23)C(C)(C)C)c([N+](=O)[O-])cc1C#CCCC(=O)c1ccc(-c2c3ccc(=N)c(S(=O)(=O)O)c-3oc3c(S(=O)(=O)O)c(N)ccc23)c(OC=O)c1. The fourth-order valence-corrected chi connectivity index (χ4v) is 14.1. The fourth-order valence-electron chi connectivity index (χ4n) is 9.55. The number of Topliss-reactive ketones (excluding diaryl/α,β-unsaturated/α-hetero) is 1. The van der Waals surface area contributed by atoms with Gasteiger partial charge in [-0.05, 0) is 47.9 Å². The second-order valence-electron chi connectivity index (χ2n) is 20.0. The molecule has 0 saturated carbocycles. The third-order valence-electron chi connectivity index (χ3n) is 13.0. The number of hydrogen-bond acceptors (Lipinski definition) is 25. The van der Waals surface area contributed by atoms with Crippen LogP contribution < -0.4 is 26.3 Å². The Kier molecular flexibility index (Phi) is 18.6. The van der Waals surface area contributed by atoms with Crippen LogP contribution in [0.3, 0.4) is 0 Å². The first-order chi connectivity index (χ1) is 40.4. The molecule has 2 aliphatic heterocycles. The second-order valence-corrected chi connectivity index (χ2v) is 27.2. The van der Waals surface area contributed by atoms with Gasteiger partial charge in [-0.1, -0.05) is 38.7 Å². The number of fused-ring (bicyclic) bond motifs is 3. The van der Waals surface area contributed by atoms with E-state index >= 15 is 0 Å². The maximum absolute atomic E-state index is 13.7. The standard InChI is InChI=1S/C49H50N7O26P3S2/c1-49(2,3)46(76-20-26-19-55(48-40(26)47(52)53-22-54-48)39-18-35(59)38(79-39)21-78-84(65,66)82-85(67,68)81-83(62,63)64)30-17-36(75-4)25(15-33(30)56(60)61)7-5-6-8-34(58)24-9-10-27(37(16-24)77-23-57)41-28-11-13-31(50)44(86(69,70)71)42(28)80-43-29(41)12-14-32(51)45(43)87(72,73)74/h9-17,19,22-23,35,38-39,46,50,59H,6,8,18,20-21,51H2,1-4H3,(H,65,66)(H,67,68)(H2,52,53,54)(H2,62,63,64)(H,69,70,71)(H,72,73,74)/t35?,38-,39-,46-/m1/s1. The molecule has 8 rings (SSSR count). The maximum atomic E-state index is 13.7. The van der Waals surface area contributed by atoms with Crippen molar-refractivity contribution < 1.29 is 115 Å². The number of hydrogen-bond donors (Lipinski definition) is 10. The second kappa shape index (κ2) is 24.6. The number of phosphoric acid groups is 3. The van der Waals surface area contributed by atoms with Gasteiger partial charge >= 0.3 is 23.5 Å². The van der Waals surface area contributed by atoms with Crippen LogP contribution in [0.4, 0.5) is 17.2 Å². The summed E-state index contributed by atoms with van der Waals surface area (Å²) in [5.74, 6) is 3.99. The average molecular weight is 1310 g/mol. The number of carbonyl (C=O) groups is 2. The Bertz CT molecular complexity index is 4440. The number of nitrogens with two attached hydrogens (primary N) is 2. The van der Waals surface area contributed by atoms with E-state index in [9.17, 15) is 74.2 Å². The van der Waals surface area contributed by atoms with Gasteiger partial charge in [-0.2, -0.15) is 25.5 Å². The average Bonchev–Trinajstić information content (AvgIpc) is 1.31. The van der Waals surface area contributed by atoms with Crippen LogP contribution in [-0.2, 0) is 68.0 Å². The minimum Gasteiger partial charge on any atom is -0.495 e. The molecular weight excluding hydrogens is 1260 g/mol. The number of aliphatic hydroxyl groups excluding tert-OH is 1. The number of aliphatic hydroxyl groups is 1. The molecule has 2 aromatic heterocycles. The normalized spacial score (nSPS) is 17.5. The topological polar surface area (TPSA) is 523 Å². The zero-order valence-corrected chi connectivity index (χ0v) is 49.6. The van der Waals surface area contributed by atoms with Gasteiger partial charge in [-0.15, -0.1) is 0 Å². The van der Waals surface area contributed by atoms with Crippen LogP contribution in [-0.4, -0.2) is 108 Å². The molecule has 6 atom stereocenters. The molecule has 3 aliphatic rings. The van der Waals surface area contributed by atoms with Gasteiger partial charge < -0.3 is 64.1 Å². The number of rotatable bonds is 22. The number of ketones is 1. The smallest absolute Gasteiger partial charge is 0.490 e. The predicted octanol–water partition coefficient (Wildman–Crippen LogP) is 5.85. The van der Waals surface area contributed by atoms with Crippen LogP contribution in [0.1, 0.15) is 79.4 Å². The molecule has 0 bridgehead atoms. The number of benzene rings is 4. The quantitative estimate of drug-likeness (QED) is 0.00438. The number of phosphoric ester groups is 1. The minimum absolute atomic E-state index is 0.00711. The van der Waals surface area contributed by atoms with Crippen molar-refractivity contribution in [3.8, 4) is 45.8 Å². The van der Waals surface area contributed by atoms with Gasteiger partial charge in [0, 0.05) is 64.7 Å². The van der Waals surface area contributed by atoms with Crippen molar-refractivity contribution in [3.05, 3.63) is 105 Å². The first-order valence-corrected chi connectivity index (χ1v) is 32.1. The first-order valence-electron chi connectivity index (χ1n) is 24.7.